The van der Waals surface area contributed by atoms with Gasteiger partial charge in [0, 0.05) is 11.6 Å². The van der Waals surface area contributed by atoms with E-state index >= 15 is 0 Å². The number of hydrogen-bond acceptors (Lipinski definition) is 5. The Hall–Kier alpha value is -2.38. The molecule has 1 amide bonds. The van der Waals surface area contributed by atoms with E-state index in [0.29, 0.717) is 15.7 Å². The van der Waals surface area contributed by atoms with Crippen LogP contribution in [-0.4, -0.2) is 20.4 Å². The molecule has 3 aromatic rings. The van der Waals surface area contributed by atoms with Crippen molar-refractivity contribution in [1.82, 2.24) is 9.38 Å². The summed E-state index contributed by atoms with van der Waals surface area (Å²) in [6, 6.07) is 6.59. The first-order valence-electron chi connectivity index (χ1n) is 5.82. The molecule has 2 aromatic heterocycles. The molecule has 3 rings (SSSR count). The van der Waals surface area contributed by atoms with Gasteiger partial charge in [0.2, 0.25) is 5.88 Å². The number of carbonyl (C=O) groups excluding carboxylic acids is 1. The summed E-state index contributed by atoms with van der Waals surface area (Å²) >= 11 is 7.12. The molecule has 0 fully saturated rings. The van der Waals surface area contributed by atoms with Gasteiger partial charge in [-0.1, -0.05) is 23.7 Å². The number of nitrogens with one attached hydrogen (secondary N) is 1. The highest BCUT2D eigenvalue weighted by Crippen LogP contribution is 2.22. The highest BCUT2D eigenvalue weighted by atomic mass is 35.5. The van der Waals surface area contributed by atoms with Crippen LogP contribution < -0.4 is 10.9 Å². The third-order valence-corrected chi connectivity index (χ3v) is 3.88. The molecular weight excluding hydrogens is 314 g/mol. The van der Waals surface area contributed by atoms with Crippen molar-refractivity contribution in [2.75, 3.05) is 5.32 Å². The number of hydrogen-bond donors (Lipinski definition) is 2. The van der Waals surface area contributed by atoms with Gasteiger partial charge >= 0.3 is 0 Å². The van der Waals surface area contributed by atoms with Gasteiger partial charge in [0.15, 0.2) is 10.5 Å². The Morgan fingerprint density at radius 1 is 1.38 bits per heavy atom. The van der Waals surface area contributed by atoms with E-state index in [9.17, 15) is 14.7 Å². The van der Waals surface area contributed by atoms with Gasteiger partial charge in [0.1, 0.15) is 0 Å². The fraction of sp³-hybridized carbons (Fsp3) is 0. The molecule has 0 bridgehead atoms. The molecule has 106 valence electrons. The Balaban J connectivity index is 2.06. The number of carbonyl (C=O) groups is 1. The zero-order valence-corrected chi connectivity index (χ0v) is 12.0. The van der Waals surface area contributed by atoms with Crippen molar-refractivity contribution in [2.45, 2.75) is 0 Å². The fourth-order valence-electron chi connectivity index (χ4n) is 1.82. The maximum Gasteiger partial charge on any atom is 0.275 e. The standard InChI is InChI=1S/C13H8ClN3O3S/c14-7-3-1-2-4-8(7)15-10(18)9-11(19)16-13-17(12(9)20)5-6-21-13/h1-6,19H,(H,15,18). The SMILES string of the molecule is O=C(Nc1ccccc1Cl)c1c(O)nc2sccn2c1=O. The minimum absolute atomic E-state index is 0.312. The summed E-state index contributed by atoms with van der Waals surface area (Å²) in [5.41, 5.74) is -0.715. The van der Waals surface area contributed by atoms with Gasteiger partial charge in [-0.2, -0.15) is 4.98 Å². The Kier molecular flexibility index (Phi) is 3.36. The molecule has 0 atom stereocenters. The number of benzene rings is 1. The second-order valence-electron chi connectivity index (χ2n) is 4.11. The molecule has 0 spiro atoms. The Labute approximate surface area is 127 Å². The summed E-state index contributed by atoms with van der Waals surface area (Å²) in [4.78, 5) is 28.5. The van der Waals surface area contributed by atoms with Crippen LogP contribution in [0.4, 0.5) is 5.69 Å². The van der Waals surface area contributed by atoms with Crippen LogP contribution in [0.5, 0.6) is 5.88 Å². The second kappa shape index (κ2) is 5.19. The molecule has 0 aliphatic carbocycles. The van der Waals surface area contributed by atoms with Crippen molar-refractivity contribution in [2.24, 2.45) is 0 Å². The van der Waals surface area contributed by atoms with E-state index in [1.807, 2.05) is 0 Å². The molecule has 0 saturated carbocycles. The van der Waals surface area contributed by atoms with Crippen LogP contribution in [0, 0.1) is 0 Å². The summed E-state index contributed by atoms with van der Waals surface area (Å²) in [5, 5.41) is 14.3. The van der Waals surface area contributed by atoms with E-state index in [2.05, 4.69) is 10.3 Å². The van der Waals surface area contributed by atoms with Crippen LogP contribution >= 0.6 is 22.9 Å². The molecule has 6 nitrogen and oxygen atoms in total. The van der Waals surface area contributed by atoms with E-state index < -0.39 is 22.9 Å². The van der Waals surface area contributed by atoms with Crippen LogP contribution in [0.3, 0.4) is 0 Å². The van der Waals surface area contributed by atoms with E-state index in [0.717, 1.165) is 0 Å². The van der Waals surface area contributed by atoms with Crippen molar-refractivity contribution >= 4 is 39.5 Å². The lowest BCUT2D eigenvalue weighted by Crippen LogP contribution is -2.26. The molecule has 0 aliphatic rings. The lowest BCUT2D eigenvalue weighted by Gasteiger charge is -2.07. The first kappa shape index (κ1) is 13.6. The third-order valence-electron chi connectivity index (χ3n) is 2.80. The second-order valence-corrected chi connectivity index (χ2v) is 5.39. The third kappa shape index (κ3) is 2.37. The minimum atomic E-state index is -0.765. The Morgan fingerprint density at radius 3 is 2.90 bits per heavy atom. The van der Waals surface area contributed by atoms with E-state index in [-0.39, 0.29) is 0 Å². The van der Waals surface area contributed by atoms with Gasteiger partial charge in [-0.3, -0.25) is 14.0 Å². The zero-order chi connectivity index (χ0) is 15.0. The van der Waals surface area contributed by atoms with Crippen LogP contribution in [0.1, 0.15) is 10.4 Å². The van der Waals surface area contributed by atoms with Gasteiger partial charge < -0.3 is 10.4 Å². The number of para-hydroxylation sites is 1. The summed E-state index contributed by atoms with van der Waals surface area (Å²) < 4.78 is 1.20. The van der Waals surface area contributed by atoms with Crippen molar-refractivity contribution in [3.8, 4) is 5.88 Å². The number of aromatic hydroxyl groups is 1. The van der Waals surface area contributed by atoms with Gasteiger partial charge in [-0.05, 0) is 12.1 Å². The van der Waals surface area contributed by atoms with E-state index in [1.54, 1.807) is 29.6 Å². The quantitative estimate of drug-likeness (QED) is 0.759. The van der Waals surface area contributed by atoms with Crippen LogP contribution in [-0.2, 0) is 0 Å². The normalized spacial score (nSPS) is 10.7. The highest BCUT2D eigenvalue weighted by molar-refractivity contribution is 7.15. The molecule has 0 aliphatic heterocycles. The Morgan fingerprint density at radius 2 is 2.14 bits per heavy atom. The van der Waals surface area contributed by atoms with Gasteiger partial charge in [0.25, 0.3) is 11.5 Å². The van der Waals surface area contributed by atoms with Crippen LogP contribution in [0.25, 0.3) is 4.96 Å². The van der Waals surface area contributed by atoms with E-state index in [1.165, 1.54) is 21.9 Å². The molecule has 0 unspecified atom stereocenters. The number of nitrogens with zero attached hydrogens (tertiary/aromatic N) is 2. The number of rotatable bonds is 2. The average molecular weight is 322 g/mol. The molecular formula is C13H8ClN3O3S. The lowest BCUT2D eigenvalue weighted by molar-refractivity contribution is 0.102. The summed E-state index contributed by atoms with van der Waals surface area (Å²) in [6.07, 6.45) is 1.49. The largest absolute Gasteiger partial charge is 0.492 e. The number of aromatic nitrogens is 2. The van der Waals surface area contributed by atoms with Gasteiger partial charge in [0.05, 0.1) is 10.7 Å². The zero-order valence-electron chi connectivity index (χ0n) is 10.4. The van der Waals surface area contributed by atoms with Gasteiger partial charge in [-0.15, -0.1) is 11.3 Å². The van der Waals surface area contributed by atoms with Crippen molar-refractivity contribution in [3.63, 3.8) is 0 Å². The maximum atomic E-state index is 12.2. The predicted molar refractivity (Wildman–Crippen MR) is 80.4 cm³/mol. The summed E-state index contributed by atoms with van der Waals surface area (Å²) in [6.45, 7) is 0. The van der Waals surface area contributed by atoms with Gasteiger partial charge in [-0.25, -0.2) is 0 Å². The maximum absolute atomic E-state index is 12.2. The lowest BCUT2D eigenvalue weighted by atomic mass is 10.2. The Bertz CT molecular complexity index is 903. The highest BCUT2D eigenvalue weighted by Gasteiger charge is 2.20. The molecule has 0 radical (unpaired) electrons. The topological polar surface area (TPSA) is 83.7 Å². The minimum Gasteiger partial charge on any atom is -0.492 e. The molecule has 21 heavy (non-hydrogen) atoms. The number of fused-ring (bicyclic) bond motifs is 1. The number of anilines is 1. The molecule has 8 heteroatoms. The summed E-state index contributed by atoms with van der Waals surface area (Å²) in [7, 11) is 0. The van der Waals surface area contributed by atoms with Crippen molar-refractivity contribution in [1.29, 1.82) is 0 Å². The average Bonchev–Trinajstić information content (AvgIpc) is 2.90. The monoisotopic (exact) mass is 321 g/mol. The smallest absolute Gasteiger partial charge is 0.275 e. The number of amides is 1. The predicted octanol–water partition coefficient (Wildman–Crippen LogP) is 2.37. The summed E-state index contributed by atoms with van der Waals surface area (Å²) in [5.74, 6) is -1.37. The van der Waals surface area contributed by atoms with Crippen LogP contribution in [0.2, 0.25) is 5.02 Å². The molecule has 2 heterocycles. The first-order chi connectivity index (χ1) is 10.1. The molecule has 2 N–H and O–H groups in total. The van der Waals surface area contributed by atoms with E-state index in [4.69, 9.17) is 11.6 Å². The van der Waals surface area contributed by atoms with Crippen LogP contribution in [0.15, 0.2) is 40.6 Å². The molecule has 0 saturated heterocycles. The molecule has 1 aromatic carbocycles. The van der Waals surface area contributed by atoms with Crippen molar-refractivity contribution in [3.05, 3.63) is 56.8 Å². The fourth-order valence-corrected chi connectivity index (χ4v) is 2.70. The number of halogens is 1. The van der Waals surface area contributed by atoms with Crippen molar-refractivity contribution < 1.29 is 9.90 Å². The number of thiazole rings is 1. The first-order valence-corrected chi connectivity index (χ1v) is 7.08.